The van der Waals surface area contributed by atoms with Gasteiger partial charge < -0.3 is 4.42 Å². The number of hydrogen-bond acceptors (Lipinski definition) is 4. The van der Waals surface area contributed by atoms with Crippen LogP contribution in [-0.2, 0) is 5.41 Å². The average molecular weight is 369 g/mol. The second kappa shape index (κ2) is 5.33. The summed E-state index contributed by atoms with van der Waals surface area (Å²) in [5.74, 6) is 0.664. The molecule has 0 N–H and O–H groups in total. The number of oxazole rings is 1. The Hall–Kier alpha value is -2.37. The van der Waals surface area contributed by atoms with Crippen molar-refractivity contribution in [3.05, 3.63) is 59.3 Å². The van der Waals surface area contributed by atoms with Crippen molar-refractivity contribution in [1.82, 2.24) is 4.98 Å². The van der Waals surface area contributed by atoms with Crippen LogP contribution in [0.1, 0.15) is 43.9 Å². The maximum absolute atomic E-state index is 14.3. The van der Waals surface area contributed by atoms with Gasteiger partial charge in [-0.05, 0) is 43.2 Å². The lowest BCUT2D eigenvalue weighted by molar-refractivity contribution is 0.161. The zero-order valence-corrected chi connectivity index (χ0v) is 15.5. The Labute approximate surface area is 156 Å². The summed E-state index contributed by atoms with van der Waals surface area (Å²) in [6.45, 7) is 6.35. The van der Waals surface area contributed by atoms with Crippen molar-refractivity contribution >= 4 is 5.70 Å². The molecule has 0 saturated heterocycles. The van der Waals surface area contributed by atoms with Crippen LogP contribution in [0.25, 0.3) is 5.70 Å². The molecule has 140 valence electrons. The van der Waals surface area contributed by atoms with Crippen LogP contribution < -0.4 is 0 Å². The largest absolute Gasteiger partial charge is 0.445 e. The number of aromatic nitrogens is 1. The van der Waals surface area contributed by atoms with Gasteiger partial charge in [0.15, 0.2) is 0 Å². The van der Waals surface area contributed by atoms with Crippen molar-refractivity contribution in [2.75, 3.05) is 0 Å². The molecule has 1 aromatic carbocycles. The SMILES string of the molecule is Cc1cnc([C@@]23CC[C@@H](C4C=C(c5c(F)cccc5F)N=NC42)C3(C)C)o1. The Balaban J connectivity index is 1.63. The fourth-order valence-corrected chi connectivity index (χ4v) is 5.82. The van der Waals surface area contributed by atoms with Crippen LogP contribution in [0.4, 0.5) is 8.78 Å². The summed E-state index contributed by atoms with van der Waals surface area (Å²) in [5.41, 5.74) is -0.246. The highest BCUT2D eigenvalue weighted by Crippen LogP contribution is 2.70. The normalized spacial score (nSPS) is 33.2. The van der Waals surface area contributed by atoms with Crippen molar-refractivity contribution in [1.29, 1.82) is 0 Å². The molecule has 0 radical (unpaired) electrons. The highest BCUT2D eigenvalue weighted by molar-refractivity contribution is 5.66. The topological polar surface area (TPSA) is 50.8 Å². The van der Waals surface area contributed by atoms with Crippen LogP contribution in [0.3, 0.4) is 0 Å². The predicted molar refractivity (Wildman–Crippen MR) is 95.9 cm³/mol. The van der Waals surface area contributed by atoms with E-state index in [-0.39, 0.29) is 34.1 Å². The minimum absolute atomic E-state index is 0.0625. The van der Waals surface area contributed by atoms with Crippen molar-refractivity contribution < 1.29 is 13.2 Å². The number of benzene rings is 1. The smallest absolute Gasteiger partial charge is 0.203 e. The zero-order chi connectivity index (χ0) is 19.0. The van der Waals surface area contributed by atoms with Crippen LogP contribution in [0.5, 0.6) is 0 Å². The number of halogens is 2. The number of azo groups is 1. The van der Waals surface area contributed by atoms with Crippen LogP contribution in [0.2, 0.25) is 0 Å². The molecular formula is C21H21F2N3O. The molecule has 2 unspecified atom stereocenters. The van der Waals surface area contributed by atoms with E-state index in [1.807, 2.05) is 13.0 Å². The van der Waals surface area contributed by atoms with Crippen molar-refractivity contribution in [3.8, 4) is 0 Å². The van der Waals surface area contributed by atoms with Gasteiger partial charge in [-0.2, -0.15) is 10.2 Å². The highest BCUT2D eigenvalue weighted by Gasteiger charge is 2.71. The van der Waals surface area contributed by atoms with Gasteiger partial charge in [-0.3, -0.25) is 0 Å². The molecule has 27 heavy (non-hydrogen) atoms. The first kappa shape index (κ1) is 16.8. The Kier molecular flexibility index (Phi) is 3.31. The second-order valence-corrected chi connectivity index (χ2v) is 8.50. The van der Waals surface area contributed by atoms with Crippen LogP contribution in [0, 0.1) is 35.8 Å². The van der Waals surface area contributed by atoms with E-state index in [0.29, 0.717) is 11.8 Å². The van der Waals surface area contributed by atoms with Gasteiger partial charge >= 0.3 is 0 Å². The van der Waals surface area contributed by atoms with Gasteiger partial charge in [-0.25, -0.2) is 13.8 Å². The number of aryl methyl sites for hydroxylation is 1. The first-order valence-electron chi connectivity index (χ1n) is 9.36. The maximum Gasteiger partial charge on any atom is 0.203 e. The molecule has 2 fully saturated rings. The second-order valence-electron chi connectivity index (χ2n) is 8.50. The van der Waals surface area contributed by atoms with Gasteiger partial charge in [0.25, 0.3) is 0 Å². The summed E-state index contributed by atoms with van der Waals surface area (Å²) < 4.78 is 34.5. The average Bonchev–Trinajstić information content (AvgIpc) is 3.22. The van der Waals surface area contributed by atoms with E-state index in [4.69, 9.17) is 4.42 Å². The van der Waals surface area contributed by atoms with Crippen LogP contribution in [-0.4, -0.2) is 11.0 Å². The van der Waals surface area contributed by atoms with E-state index in [2.05, 4.69) is 29.1 Å². The molecule has 5 rings (SSSR count). The van der Waals surface area contributed by atoms with Crippen molar-refractivity contribution in [2.45, 2.75) is 45.1 Å². The fourth-order valence-electron chi connectivity index (χ4n) is 5.82. The van der Waals surface area contributed by atoms with E-state index >= 15 is 0 Å². The van der Waals surface area contributed by atoms with Gasteiger partial charge in [0.05, 0.1) is 28.9 Å². The third-order valence-corrected chi connectivity index (χ3v) is 7.12. The number of rotatable bonds is 2. The molecule has 2 aromatic rings. The first-order valence-corrected chi connectivity index (χ1v) is 9.36. The summed E-state index contributed by atoms with van der Waals surface area (Å²) in [6.07, 6.45) is 5.61. The van der Waals surface area contributed by atoms with Gasteiger partial charge in [-0.1, -0.05) is 26.0 Å². The Bertz CT molecular complexity index is 973. The van der Waals surface area contributed by atoms with E-state index in [0.717, 1.165) is 18.6 Å². The van der Waals surface area contributed by atoms with Gasteiger partial charge in [0.2, 0.25) is 5.89 Å². The first-order chi connectivity index (χ1) is 12.9. The molecular weight excluding hydrogens is 348 g/mol. The van der Waals surface area contributed by atoms with Crippen molar-refractivity contribution in [3.63, 3.8) is 0 Å². The third-order valence-electron chi connectivity index (χ3n) is 7.12. The lowest BCUT2D eigenvalue weighted by Gasteiger charge is -2.38. The molecule has 4 nitrogen and oxygen atoms in total. The summed E-state index contributed by atoms with van der Waals surface area (Å²) >= 11 is 0. The standard InChI is InChI=1S/C21H21F2N3O/c1-11-10-24-19(27-11)21-8-7-13(20(21,2)3)12-9-16(25-26-18(12)21)17-14(22)5-4-6-15(17)23/h4-6,9-10,12-13,18H,7-8H2,1-3H3/t12?,13-,18?,21+/m0/s1. The molecule has 4 atom stereocenters. The van der Waals surface area contributed by atoms with E-state index in [1.165, 1.54) is 18.2 Å². The Morgan fingerprint density at radius 2 is 1.93 bits per heavy atom. The molecule has 0 amide bonds. The minimum Gasteiger partial charge on any atom is -0.445 e. The van der Waals surface area contributed by atoms with E-state index < -0.39 is 11.6 Å². The summed E-state index contributed by atoms with van der Waals surface area (Å²) in [5, 5.41) is 8.85. The molecule has 2 heterocycles. The Morgan fingerprint density at radius 1 is 1.19 bits per heavy atom. The molecule has 1 aromatic heterocycles. The van der Waals surface area contributed by atoms with Crippen molar-refractivity contribution in [2.24, 2.45) is 27.5 Å². The lowest BCUT2D eigenvalue weighted by Crippen LogP contribution is -2.44. The number of nitrogens with zero attached hydrogens (tertiary/aromatic N) is 3. The zero-order valence-electron chi connectivity index (χ0n) is 15.5. The Morgan fingerprint density at radius 3 is 2.59 bits per heavy atom. The molecule has 1 aliphatic heterocycles. The maximum atomic E-state index is 14.3. The lowest BCUT2D eigenvalue weighted by atomic mass is 9.67. The number of hydrogen-bond donors (Lipinski definition) is 0. The quantitative estimate of drug-likeness (QED) is 0.708. The van der Waals surface area contributed by atoms with Crippen LogP contribution in [0.15, 0.2) is 45.1 Å². The predicted octanol–water partition coefficient (Wildman–Crippen LogP) is 5.44. The monoisotopic (exact) mass is 369 g/mol. The fraction of sp³-hybridized carbons (Fsp3) is 0.476. The van der Waals surface area contributed by atoms with E-state index in [9.17, 15) is 8.78 Å². The summed E-state index contributed by atoms with van der Waals surface area (Å²) in [7, 11) is 0. The molecule has 0 spiro atoms. The summed E-state index contributed by atoms with van der Waals surface area (Å²) in [4.78, 5) is 4.55. The third kappa shape index (κ3) is 1.98. The molecule has 2 bridgehead atoms. The number of fused-ring (bicyclic) bond motifs is 5. The van der Waals surface area contributed by atoms with E-state index in [1.54, 1.807) is 6.20 Å². The minimum atomic E-state index is -0.612. The molecule has 2 saturated carbocycles. The van der Waals surface area contributed by atoms with Crippen LogP contribution >= 0.6 is 0 Å². The van der Waals surface area contributed by atoms with Gasteiger partial charge in [-0.15, -0.1) is 0 Å². The molecule has 6 heteroatoms. The van der Waals surface area contributed by atoms with Gasteiger partial charge in [0.1, 0.15) is 17.4 Å². The highest BCUT2D eigenvalue weighted by atomic mass is 19.1. The molecule has 2 aliphatic carbocycles. The molecule has 3 aliphatic rings. The summed E-state index contributed by atoms with van der Waals surface area (Å²) in [6, 6.07) is 3.74. The van der Waals surface area contributed by atoms with Gasteiger partial charge in [0, 0.05) is 5.92 Å².